The molecule has 1 atom stereocenters. The fourth-order valence-electron chi connectivity index (χ4n) is 3.52. The number of nitrogens with one attached hydrogen (secondary N) is 1. The highest BCUT2D eigenvalue weighted by molar-refractivity contribution is 6.31. The van der Waals surface area contributed by atoms with Crippen LogP contribution in [0.4, 0.5) is 0 Å². The van der Waals surface area contributed by atoms with Gasteiger partial charge in [-0.25, -0.2) is 0 Å². The normalized spacial score (nSPS) is 15.8. The summed E-state index contributed by atoms with van der Waals surface area (Å²) >= 11 is 6.06. The number of likely N-dealkylation sites (tertiary alicyclic amines) is 1. The maximum atomic E-state index is 13.0. The number of methoxy groups -OCH3 is 2. The zero-order chi connectivity index (χ0) is 20.8. The number of carbonyl (C=O) groups is 2. The van der Waals surface area contributed by atoms with Crippen molar-refractivity contribution >= 4 is 23.4 Å². The average molecular weight is 417 g/mol. The minimum Gasteiger partial charge on any atom is -0.497 e. The van der Waals surface area contributed by atoms with Crippen molar-refractivity contribution < 1.29 is 19.1 Å². The molecule has 1 fully saturated rings. The van der Waals surface area contributed by atoms with Crippen LogP contribution < -0.4 is 14.8 Å². The van der Waals surface area contributed by atoms with Gasteiger partial charge in [-0.1, -0.05) is 23.7 Å². The minimum atomic E-state index is -0.484. The number of amides is 2. The molecular weight excluding hydrogens is 392 g/mol. The van der Waals surface area contributed by atoms with Gasteiger partial charge in [-0.2, -0.15) is 0 Å². The van der Waals surface area contributed by atoms with Gasteiger partial charge in [0.25, 0.3) is 5.91 Å². The van der Waals surface area contributed by atoms with Gasteiger partial charge in [0, 0.05) is 18.1 Å². The van der Waals surface area contributed by atoms with Crippen LogP contribution in [-0.2, 0) is 11.2 Å². The Hall–Kier alpha value is -2.73. The van der Waals surface area contributed by atoms with Crippen molar-refractivity contribution in [3.05, 3.63) is 58.6 Å². The molecule has 0 saturated carbocycles. The maximum absolute atomic E-state index is 13.0. The molecule has 1 N–H and O–H groups in total. The van der Waals surface area contributed by atoms with Crippen molar-refractivity contribution in [2.45, 2.75) is 25.3 Å². The fourth-order valence-corrected chi connectivity index (χ4v) is 3.70. The highest BCUT2D eigenvalue weighted by atomic mass is 35.5. The lowest BCUT2D eigenvalue weighted by atomic mass is 10.1. The monoisotopic (exact) mass is 416 g/mol. The van der Waals surface area contributed by atoms with Gasteiger partial charge < -0.3 is 19.7 Å². The smallest absolute Gasteiger partial charge is 0.258 e. The van der Waals surface area contributed by atoms with Crippen molar-refractivity contribution in [3.63, 3.8) is 0 Å². The molecule has 2 amide bonds. The molecule has 2 aromatic carbocycles. The van der Waals surface area contributed by atoms with E-state index in [4.69, 9.17) is 21.1 Å². The number of hydrogen-bond acceptors (Lipinski definition) is 4. The zero-order valence-corrected chi connectivity index (χ0v) is 17.4. The van der Waals surface area contributed by atoms with Gasteiger partial charge in [0.1, 0.15) is 17.5 Å². The quantitative estimate of drug-likeness (QED) is 0.751. The number of benzene rings is 2. The predicted molar refractivity (Wildman–Crippen MR) is 112 cm³/mol. The molecular formula is C22H25ClN2O4. The van der Waals surface area contributed by atoms with Crippen LogP contribution in [0.3, 0.4) is 0 Å². The second kappa shape index (κ2) is 9.65. The first-order chi connectivity index (χ1) is 14.0. The third kappa shape index (κ3) is 5.01. The summed E-state index contributed by atoms with van der Waals surface area (Å²) in [7, 11) is 3.14. The number of rotatable bonds is 7. The van der Waals surface area contributed by atoms with E-state index in [2.05, 4.69) is 5.32 Å². The van der Waals surface area contributed by atoms with Crippen LogP contribution in [0.25, 0.3) is 0 Å². The van der Waals surface area contributed by atoms with E-state index in [0.717, 1.165) is 17.7 Å². The van der Waals surface area contributed by atoms with E-state index in [-0.39, 0.29) is 11.8 Å². The standard InChI is InChI=1S/C22H25ClN2O4/c1-28-17-8-5-15(6-9-17)11-12-24-21(26)19-4-3-13-25(19)22(27)18-14-16(23)7-10-20(18)29-2/h5-10,14,19H,3-4,11-13H2,1-2H3,(H,24,26). The first-order valence-corrected chi connectivity index (χ1v) is 9.96. The van der Waals surface area contributed by atoms with Crippen molar-refractivity contribution in [1.82, 2.24) is 10.2 Å². The molecule has 0 radical (unpaired) electrons. The Morgan fingerprint density at radius 1 is 1.14 bits per heavy atom. The number of nitrogens with zero attached hydrogens (tertiary/aromatic N) is 1. The van der Waals surface area contributed by atoms with E-state index in [0.29, 0.717) is 42.3 Å². The van der Waals surface area contributed by atoms with Crippen molar-refractivity contribution in [3.8, 4) is 11.5 Å². The van der Waals surface area contributed by atoms with Gasteiger partial charge in [0.15, 0.2) is 0 Å². The number of carbonyl (C=O) groups excluding carboxylic acids is 2. The van der Waals surface area contributed by atoms with Crippen LogP contribution in [0.2, 0.25) is 5.02 Å². The molecule has 1 heterocycles. The average Bonchev–Trinajstić information content (AvgIpc) is 3.23. The topological polar surface area (TPSA) is 67.9 Å². The number of hydrogen-bond donors (Lipinski definition) is 1. The summed E-state index contributed by atoms with van der Waals surface area (Å²) in [6.07, 6.45) is 2.13. The predicted octanol–water partition coefficient (Wildman–Crippen LogP) is 3.32. The van der Waals surface area contributed by atoms with E-state index in [1.165, 1.54) is 7.11 Å². The SMILES string of the molecule is COc1ccc(CCNC(=O)C2CCCN2C(=O)c2cc(Cl)ccc2OC)cc1. The Morgan fingerprint density at radius 2 is 1.90 bits per heavy atom. The summed E-state index contributed by atoms with van der Waals surface area (Å²) in [5, 5.41) is 3.41. The Bertz CT molecular complexity index is 870. The van der Waals surface area contributed by atoms with Crippen LogP contribution in [0.5, 0.6) is 11.5 Å². The van der Waals surface area contributed by atoms with E-state index in [9.17, 15) is 9.59 Å². The zero-order valence-electron chi connectivity index (χ0n) is 16.6. The summed E-state index contributed by atoms with van der Waals surface area (Å²) in [6, 6.07) is 12.2. The Morgan fingerprint density at radius 3 is 2.59 bits per heavy atom. The second-order valence-corrected chi connectivity index (χ2v) is 7.33. The first kappa shape index (κ1) is 21.0. The lowest BCUT2D eigenvalue weighted by molar-refractivity contribution is -0.124. The van der Waals surface area contributed by atoms with Gasteiger partial charge in [-0.05, 0) is 55.2 Å². The lowest BCUT2D eigenvalue weighted by Gasteiger charge is -2.25. The Kier molecular flexibility index (Phi) is 6.99. The lowest BCUT2D eigenvalue weighted by Crippen LogP contribution is -2.46. The molecule has 154 valence electrons. The maximum Gasteiger partial charge on any atom is 0.258 e. The molecule has 7 heteroatoms. The van der Waals surface area contributed by atoms with Crippen molar-refractivity contribution in [1.29, 1.82) is 0 Å². The molecule has 1 aliphatic heterocycles. The van der Waals surface area contributed by atoms with Crippen LogP contribution in [-0.4, -0.2) is 50.1 Å². The van der Waals surface area contributed by atoms with Crippen molar-refractivity contribution in [2.24, 2.45) is 0 Å². The largest absolute Gasteiger partial charge is 0.497 e. The summed E-state index contributed by atoms with van der Waals surface area (Å²) in [5.41, 5.74) is 1.48. The molecule has 0 bridgehead atoms. The Labute approximate surface area is 175 Å². The molecule has 1 aliphatic rings. The molecule has 1 unspecified atom stereocenters. The van der Waals surface area contributed by atoms with Gasteiger partial charge in [-0.3, -0.25) is 9.59 Å². The third-order valence-corrected chi connectivity index (χ3v) is 5.32. The molecule has 1 saturated heterocycles. The van der Waals surface area contributed by atoms with Gasteiger partial charge in [-0.15, -0.1) is 0 Å². The molecule has 3 rings (SSSR count). The second-order valence-electron chi connectivity index (χ2n) is 6.89. The Balaban J connectivity index is 1.61. The van der Waals surface area contributed by atoms with E-state index >= 15 is 0 Å². The van der Waals surface area contributed by atoms with Gasteiger partial charge in [0.2, 0.25) is 5.91 Å². The van der Waals surface area contributed by atoms with Crippen LogP contribution in [0.15, 0.2) is 42.5 Å². The van der Waals surface area contributed by atoms with Crippen molar-refractivity contribution in [2.75, 3.05) is 27.3 Å². The molecule has 0 spiro atoms. The molecule has 2 aromatic rings. The third-order valence-electron chi connectivity index (χ3n) is 5.08. The van der Waals surface area contributed by atoms with E-state index in [1.807, 2.05) is 24.3 Å². The minimum absolute atomic E-state index is 0.134. The van der Waals surface area contributed by atoms with E-state index in [1.54, 1.807) is 30.2 Å². The first-order valence-electron chi connectivity index (χ1n) is 9.58. The summed E-state index contributed by atoms with van der Waals surface area (Å²) in [5.74, 6) is 0.877. The fraction of sp³-hybridized carbons (Fsp3) is 0.364. The molecule has 0 aliphatic carbocycles. The van der Waals surface area contributed by atoms with Gasteiger partial charge in [0.05, 0.1) is 19.8 Å². The number of halogens is 1. The van der Waals surface area contributed by atoms with E-state index < -0.39 is 6.04 Å². The molecule has 0 aromatic heterocycles. The number of ether oxygens (including phenoxy) is 2. The molecule has 29 heavy (non-hydrogen) atoms. The summed E-state index contributed by atoms with van der Waals surface area (Å²) < 4.78 is 10.4. The van der Waals surface area contributed by atoms with Crippen LogP contribution in [0.1, 0.15) is 28.8 Å². The summed E-state index contributed by atoms with van der Waals surface area (Å²) in [4.78, 5) is 27.4. The van der Waals surface area contributed by atoms with Crippen LogP contribution in [0, 0.1) is 0 Å². The highest BCUT2D eigenvalue weighted by Crippen LogP contribution is 2.27. The van der Waals surface area contributed by atoms with Gasteiger partial charge >= 0.3 is 0 Å². The van der Waals surface area contributed by atoms with Crippen LogP contribution >= 0.6 is 11.6 Å². The summed E-state index contributed by atoms with van der Waals surface area (Å²) in [6.45, 7) is 1.04. The molecule has 6 nitrogen and oxygen atoms in total. The highest BCUT2D eigenvalue weighted by Gasteiger charge is 2.35.